The van der Waals surface area contributed by atoms with Crippen LogP contribution in [0.25, 0.3) is 0 Å². The number of rotatable bonds is 4. The van der Waals surface area contributed by atoms with Crippen LogP contribution in [0.1, 0.15) is 16.9 Å². The standard InChI is InChI=1S/C15H15FN4O3S/c16-10-1-3-11(4-2-10)20-15(21)13-7-18-14(8-17-13)19-12-5-6-24(22,23)9-12/h1-4,7-8,12H,5-6,9H2,(H,18,19)(H,20,21). The van der Waals surface area contributed by atoms with Crippen molar-refractivity contribution in [2.24, 2.45) is 0 Å². The highest BCUT2D eigenvalue weighted by atomic mass is 32.2. The lowest BCUT2D eigenvalue weighted by molar-refractivity contribution is 0.102. The fourth-order valence-corrected chi connectivity index (χ4v) is 4.04. The fraction of sp³-hybridized carbons (Fsp3) is 0.267. The Kier molecular flexibility index (Phi) is 4.43. The van der Waals surface area contributed by atoms with Crippen LogP contribution >= 0.6 is 0 Å². The first kappa shape index (κ1) is 16.3. The molecule has 0 saturated carbocycles. The average Bonchev–Trinajstić information content (AvgIpc) is 2.89. The molecule has 0 radical (unpaired) electrons. The van der Waals surface area contributed by atoms with Crippen molar-refractivity contribution in [2.75, 3.05) is 22.1 Å². The lowest BCUT2D eigenvalue weighted by Gasteiger charge is -2.11. The SMILES string of the molecule is O=C(Nc1ccc(F)cc1)c1cnc(NC2CCS(=O)(=O)C2)cn1. The smallest absolute Gasteiger partial charge is 0.275 e. The van der Waals surface area contributed by atoms with Crippen LogP contribution in [-0.4, -0.2) is 41.8 Å². The predicted molar refractivity (Wildman–Crippen MR) is 87.1 cm³/mol. The van der Waals surface area contributed by atoms with Crippen LogP contribution in [0.5, 0.6) is 0 Å². The molecule has 1 aliphatic heterocycles. The summed E-state index contributed by atoms with van der Waals surface area (Å²) in [5.41, 5.74) is 0.547. The molecule has 3 rings (SSSR count). The Morgan fingerprint density at radius 1 is 1.17 bits per heavy atom. The largest absolute Gasteiger partial charge is 0.365 e. The molecule has 0 spiro atoms. The molecule has 1 unspecified atom stereocenters. The Balaban J connectivity index is 1.61. The van der Waals surface area contributed by atoms with Crippen LogP contribution in [0, 0.1) is 5.82 Å². The molecule has 1 aliphatic rings. The minimum absolute atomic E-state index is 0.0709. The zero-order valence-corrected chi connectivity index (χ0v) is 13.4. The van der Waals surface area contributed by atoms with Gasteiger partial charge in [0.15, 0.2) is 9.84 Å². The van der Waals surface area contributed by atoms with Crippen molar-refractivity contribution in [3.05, 3.63) is 48.2 Å². The third kappa shape index (κ3) is 4.05. The van der Waals surface area contributed by atoms with Gasteiger partial charge in [0.1, 0.15) is 17.3 Å². The first-order chi connectivity index (χ1) is 11.4. The van der Waals surface area contributed by atoms with E-state index in [0.29, 0.717) is 17.9 Å². The molecule has 9 heteroatoms. The van der Waals surface area contributed by atoms with Gasteiger partial charge in [-0.3, -0.25) is 4.79 Å². The highest BCUT2D eigenvalue weighted by molar-refractivity contribution is 7.91. The fourth-order valence-electron chi connectivity index (χ4n) is 2.37. The van der Waals surface area contributed by atoms with Gasteiger partial charge in [-0.2, -0.15) is 0 Å². The molecule has 1 aromatic heterocycles. The summed E-state index contributed by atoms with van der Waals surface area (Å²) in [5.74, 6) is -0.214. The number of hydrogen-bond acceptors (Lipinski definition) is 6. The van der Waals surface area contributed by atoms with Gasteiger partial charge in [0.05, 0.1) is 23.9 Å². The van der Waals surface area contributed by atoms with Crippen molar-refractivity contribution in [1.29, 1.82) is 0 Å². The molecule has 1 saturated heterocycles. The van der Waals surface area contributed by atoms with Gasteiger partial charge in [-0.25, -0.2) is 22.8 Å². The van der Waals surface area contributed by atoms with Gasteiger partial charge < -0.3 is 10.6 Å². The number of carbonyl (C=O) groups is 1. The van der Waals surface area contributed by atoms with E-state index in [1.807, 2.05) is 0 Å². The minimum Gasteiger partial charge on any atom is -0.365 e. The monoisotopic (exact) mass is 350 g/mol. The summed E-state index contributed by atoms with van der Waals surface area (Å²) in [7, 11) is -2.98. The number of hydrogen-bond donors (Lipinski definition) is 2. The summed E-state index contributed by atoms with van der Waals surface area (Å²) in [6.45, 7) is 0. The number of nitrogens with zero attached hydrogens (tertiary/aromatic N) is 2. The first-order valence-electron chi connectivity index (χ1n) is 7.27. The Hall–Kier alpha value is -2.55. The van der Waals surface area contributed by atoms with Crippen LogP contribution in [0.15, 0.2) is 36.7 Å². The number of amides is 1. The lowest BCUT2D eigenvalue weighted by Crippen LogP contribution is -2.22. The normalized spacial score (nSPS) is 19.0. The summed E-state index contributed by atoms with van der Waals surface area (Å²) in [4.78, 5) is 20.1. The van der Waals surface area contributed by atoms with Gasteiger partial charge in [-0.05, 0) is 30.7 Å². The minimum atomic E-state index is -2.98. The van der Waals surface area contributed by atoms with Gasteiger partial charge >= 0.3 is 0 Å². The van der Waals surface area contributed by atoms with Crippen LogP contribution in [0.4, 0.5) is 15.9 Å². The van der Waals surface area contributed by atoms with E-state index >= 15 is 0 Å². The summed E-state index contributed by atoms with van der Waals surface area (Å²) in [5, 5.41) is 5.57. The second kappa shape index (κ2) is 6.52. The van der Waals surface area contributed by atoms with Crippen molar-refractivity contribution in [2.45, 2.75) is 12.5 Å². The molecule has 1 amide bonds. The van der Waals surface area contributed by atoms with Crippen molar-refractivity contribution in [3.63, 3.8) is 0 Å². The van der Waals surface area contributed by atoms with Crippen molar-refractivity contribution < 1.29 is 17.6 Å². The molecular weight excluding hydrogens is 335 g/mol. The van der Waals surface area contributed by atoms with Crippen LogP contribution in [-0.2, 0) is 9.84 Å². The van der Waals surface area contributed by atoms with Crippen LogP contribution < -0.4 is 10.6 Å². The molecule has 1 aromatic carbocycles. The summed E-state index contributed by atoms with van der Waals surface area (Å²) >= 11 is 0. The maximum Gasteiger partial charge on any atom is 0.275 e. The second-order valence-electron chi connectivity index (χ2n) is 5.49. The average molecular weight is 350 g/mol. The van der Waals surface area contributed by atoms with Gasteiger partial charge in [0, 0.05) is 11.7 Å². The molecule has 24 heavy (non-hydrogen) atoms. The van der Waals surface area contributed by atoms with E-state index in [0.717, 1.165) is 0 Å². The van der Waals surface area contributed by atoms with E-state index < -0.39 is 21.6 Å². The Morgan fingerprint density at radius 2 is 1.92 bits per heavy atom. The highest BCUT2D eigenvalue weighted by Crippen LogP contribution is 2.16. The number of carbonyl (C=O) groups excluding carboxylic acids is 1. The van der Waals surface area contributed by atoms with Crippen molar-refractivity contribution in [3.8, 4) is 0 Å². The van der Waals surface area contributed by atoms with E-state index in [-0.39, 0.29) is 23.2 Å². The molecule has 2 N–H and O–H groups in total. The summed E-state index contributed by atoms with van der Waals surface area (Å²) in [6, 6.07) is 5.17. The Bertz CT molecular complexity index is 838. The number of anilines is 2. The molecule has 1 fully saturated rings. The third-order valence-electron chi connectivity index (χ3n) is 3.57. The molecular formula is C15H15FN4O3S. The van der Waals surface area contributed by atoms with E-state index in [2.05, 4.69) is 20.6 Å². The number of aromatic nitrogens is 2. The molecule has 7 nitrogen and oxygen atoms in total. The number of nitrogens with one attached hydrogen (secondary N) is 2. The van der Waals surface area contributed by atoms with Gasteiger partial charge in [-0.15, -0.1) is 0 Å². The quantitative estimate of drug-likeness (QED) is 0.866. The van der Waals surface area contributed by atoms with E-state index in [9.17, 15) is 17.6 Å². The van der Waals surface area contributed by atoms with E-state index in [1.165, 1.54) is 36.7 Å². The zero-order valence-electron chi connectivity index (χ0n) is 12.6. The van der Waals surface area contributed by atoms with Crippen molar-refractivity contribution >= 4 is 27.2 Å². The summed E-state index contributed by atoms with van der Waals surface area (Å²) in [6.07, 6.45) is 3.20. The zero-order chi connectivity index (χ0) is 17.2. The maximum absolute atomic E-state index is 12.8. The molecule has 126 valence electrons. The Morgan fingerprint density at radius 3 is 2.50 bits per heavy atom. The highest BCUT2D eigenvalue weighted by Gasteiger charge is 2.27. The third-order valence-corrected chi connectivity index (χ3v) is 5.34. The van der Waals surface area contributed by atoms with Crippen LogP contribution in [0.2, 0.25) is 0 Å². The molecule has 0 bridgehead atoms. The number of halogens is 1. The number of benzene rings is 1. The first-order valence-corrected chi connectivity index (χ1v) is 9.09. The molecule has 2 heterocycles. The summed E-state index contributed by atoms with van der Waals surface area (Å²) < 4.78 is 35.7. The number of sulfone groups is 1. The van der Waals surface area contributed by atoms with Gasteiger partial charge in [0.25, 0.3) is 5.91 Å². The van der Waals surface area contributed by atoms with Crippen LogP contribution in [0.3, 0.4) is 0 Å². The predicted octanol–water partition coefficient (Wildman–Crippen LogP) is 1.47. The van der Waals surface area contributed by atoms with E-state index in [4.69, 9.17) is 0 Å². The van der Waals surface area contributed by atoms with Crippen molar-refractivity contribution in [1.82, 2.24) is 9.97 Å². The van der Waals surface area contributed by atoms with E-state index in [1.54, 1.807) is 0 Å². The topological polar surface area (TPSA) is 101 Å². The lowest BCUT2D eigenvalue weighted by atomic mass is 10.2. The molecule has 1 atom stereocenters. The maximum atomic E-state index is 12.8. The van der Waals surface area contributed by atoms with Gasteiger partial charge in [0.2, 0.25) is 0 Å². The van der Waals surface area contributed by atoms with Gasteiger partial charge in [-0.1, -0.05) is 0 Å². The second-order valence-corrected chi connectivity index (χ2v) is 7.72. The Labute approximate surface area is 138 Å². The molecule has 2 aromatic rings. The molecule has 0 aliphatic carbocycles.